The van der Waals surface area contributed by atoms with Gasteiger partial charge < -0.3 is 4.74 Å². The Morgan fingerprint density at radius 3 is 2.38 bits per heavy atom. The smallest absolute Gasteiger partial charge is 0.240 e. The van der Waals surface area contributed by atoms with Crippen LogP contribution in [0.3, 0.4) is 0 Å². The third kappa shape index (κ3) is 3.32. The van der Waals surface area contributed by atoms with E-state index in [0.29, 0.717) is 12.8 Å². The highest BCUT2D eigenvalue weighted by Crippen LogP contribution is 2.32. The number of nitrogens with one attached hydrogen (secondary N) is 1. The average molecular weight is 370 g/mol. The van der Waals surface area contributed by atoms with Crippen LogP contribution in [-0.2, 0) is 27.6 Å². The first kappa shape index (κ1) is 17.4. The molecule has 7 heteroatoms. The van der Waals surface area contributed by atoms with E-state index in [1.807, 2.05) is 24.3 Å². The monoisotopic (exact) mass is 369 g/mol. The van der Waals surface area contributed by atoms with Gasteiger partial charge in [-0.15, -0.1) is 0 Å². The van der Waals surface area contributed by atoms with Gasteiger partial charge in [0.15, 0.2) is 0 Å². The topological polar surface area (TPSA) is 55.4 Å². The van der Waals surface area contributed by atoms with Crippen LogP contribution in [-0.4, -0.2) is 27.7 Å². The van der Waals surface area contributed by atoms with E-state index >= 15 is 0 Å². The van der Waals surface area contributed by atoms with Crippen LogP contribution in [0.25, 0.3) is 0 Å². The third-order valence-electron chi connectivity index (χ3n) is 4.36. The number of sulfonamides is 1. The molecule has 0 fully saturated rings. The molecule has 0 bridgehead atoms. The third-order valence-corrected chi connectivity index (χ3v) is 6.05. The summed E-state index contributed by atoms with van der Waals surface area (Å²) in [6, 6.07) is 11.3. The number of rotatable bonds is 5. The molecule has 1 N–H and O–H groups in total. The normalized spacial score (nSPS) is 16.1. The molecular weight excluding hydrogens is 353 g/mol. The maximum Gasteiger partial charge on any atom is 0.240 e. The fraction of sp³-hybridized carbons (Fsp3) is 0.294. The summed E-state index contributed by atoms with van der Waals surface area (Å²) in [6.07, 6.45) is 1.26. The Hall–Kier alpha value is -1.47. The molecular formula is C17H17ClFNO3S. The van der Waals surface area contributed by atoms with E-state index in [1.165, 1.54) is 6.07 Å². The van der Waals surface area contributed by atoms with E-state index in [1.54, 1.807) is 7.11 Å². The molecule has 0 atom stereocenters. The second-order valence-corrected chi connectivity index (χ2v) is 8.08. The standard InChI is InChI=1S/C17H17ClFNO3S/c1-23-17(9-12-4-2-3-5-13(12)10-17)11-20-24(21,22)14-6-7-16(19)15(18)8-14/h2-8,20H,9-11H2,1H3. The molecule has 0 aliphatic heterocycles. The zero-order valence-corrected chi connectivity index (χ0v) is 14.6. The molecule has 0 radical (unpaired) electrons. The van der Waals surface area contributed by atoms with E-state index in [9.17, 15) is 12.8 Å². The number of ether oxygens (including phenoxy) is 1. The number of methoxy groups -OCH3 is 1. The molecule has 2 aromatic carbocycles. The Balaban J connectivity index is 1.78. The van der Waals surface area contributed by atoms with Crippen LogP contribution in [0, 0.1) is 5.82 Å². The van der Waals surface area contributed by atoms with Crippen molar-refractivity contribution in [3.63, 3.8) is 0 Å². The molecule has 0 unspecified atom stereocenters. The summed E-state index contributed by atoms with van der Waals surface area (Å²) in [5, 5.41) is -0.229. The van der Waals surface area contributed by atoms with E-state index in [2.05, 4.69) is 4.72 Å². The fourth-order valence-corrected chi connectivity index (χ4v) is 4.34. The van der Waals surface area contributed by atoms with Crippen LogP contribution in [0.15, 0.2) is 47.4 Å². The second kappa shape index (κ2) is 6.44. The number of halogens is 2. The predicted molar refractivity (Wildman–Crippen MR) is 90.2 cm³/mol. The van der Waals surface area contributed by atoms with Gasteiger partial charge in [0.25, 0.3) is 0 Å². The van der Waals surface area contributed by atoms with Crippen LogP contribution >= 0.6 is 11.6 Å². The van der Waals surface area contributed by atoms with E-state index in [-0.39, 0.29) is 16.5 Å². The van der Waals surface area contributed by atoms with E-state index in [4.69, 9.17) is 16.3 Å². The van der Waals surface area contributed by atoms with Crippen LogP contribution in [0.2, 0.25) is 5.02 Å². The van der Waals surface area contributed by atoms with Crippen molar-refractivity contribution in [1.29, 1.82) is 0 Å². The zero-order chi connectivity index (χ0) is 17.4. The van der Waals surface area contributed by atoms with Crippen molar-refractivity contribution in [2.75, 3.05) is 13.7 Å². The molecule has 3 rings (SSSR count). The van der Waals surface area contributed by atoms with Gasteiger partial charge in [-0.25, -0.2) is 17.5 Å². The van der Waals surface area contributed by atoms with Gasteiger partial charge in [0.1, 0.15) is 5.82 Å². The Labute approximate surface area is 145 Å². The van der Waals surface area contributed by atoms with Crippen molar-refractivity contribution in [3.8, 4) is 0 Å². The summed E-state index contributed by atoms with van der Waals surface area (Å²) in [6.45, 7) is 0.121. The van der Waals surface area contributed by atoms with Crippen LogP contribution in [0.5, 0.6) is 0 Å². The van der Waals surface area contributed by atoms with E-state index in [0.717, 1.165) is 23.3 Å². The Morgan fingerprint density at radius 2 is 1.83 bits per heavy atom. The SMILES string of the molecule is COC1(CNS(=O)(=O)c2ccc(F)c(Cl)c2)Cc2ccccc2C1. The first-order valence-electron chi connectivity index (χ1n) is 7.42. The summed E-state index contributed by atoms with van der Waals surface area (Å²) < 4.78 is 46.3. The largest absolute Gasteiger partial charge is 0.376 e. The minimum absolute atomic E-state index is 0.0735. The van der Waals surface area contributed by atoms with Gasteiger partial charge in [-0.3, -0.25) is 0 Å². The minimum atomic E-state index is -3.80. The molecule has 4 nitrogen and oxygen atoms in total. The summed E-state index contributed by atoms with van der Waals surface area (Å²) in [4.78, 5) is -0.0735. The molecule has 0 heterocycles. The van der Waals surface area contributed by atoms with Crippen LogP contribution in [0.1, 0.15) is 11.1 Å². The molecule has 24 heavy (non-hydrogen) atoms. The summed E-state index contributed by atoms with van der Waals surface area (Å²) >= 11 is 5.67. The molecule has 0 aromatic heterocycles. The molecule has 2 aromatic rings. The van der Waals surface area contributed by atoms with Crippen molar-refractivity contribution in [2.24, 2.45) is 0 Å². The molecule has 128 valence electrons. The molecule has 1 aliphatic rings. The Morgan fingerprint density at radius 1 is 1.21 bits per heavy atom. The minimum Gasteiger partial charge on any atom is -0.376 e. The first-order chi connectivity index (χ1) is 11.4. The summed E-state index contributed by atoms with van der Waals surface area (Å²) in [7, 11) is -2.23. The molecule has 0 amide bonds. The lowest BCUT2D eigenvalue weighted by Crippen LogP contribution is -2.45. The van der Waals surface area contributed by atoms with Crippen molar-refractivity contribution >= 4 is 21.6 Å². The van der Waals surface area contributed by atoms with Gasteiger partial charge in [0, 0.05) is 26.5 Å². The summed E-state index contributed by atoms with van der Waals surface area (Å²) in [5.74, 6) is -0.657. The summed E-state index contributed by atoms with van der Waals surface area (Å²) in [5.41, 5.74) is 1.69. The number of hydrogen-bond donors (Lipinski definition) is 1. The van der Waals surface area contributed by atoms with Crippen molar-refractivity contribution < 1.29 is 17.5 Å². The lowest BCUT2D eigenvalue weighted by Gasteiger charge is -2.27. The quantitative estimate of drug-likeness (QED) is 0.881. The molecule has 0 saturated carbocycles. The highest BCUT2D eigenvalue weighted by molar-refractivity contribution is 7.89. The van der Waals surface area contributed by atoms with Gasteiger partial charge in [-0.1, -0.05) is 35.9 Å². The van der Waals surface area contributed by atoms with E-state index < -0.39 is 21.4 Å². The maximum atomic E-state index is 13.2. The van der Waals surface area contributed by atoms with Gasteiger partial charge in [-0.2, -0.15) is 0 Å². The highest BCUT2D eigenvalue weighted by Gasteiger charge is 2.38. The maximum absolute atomic E-state index is 13.2. The molecule has 0 spiro atoms. The number of benzene rings is 2. The molecule has 1 aliphatic carbocycles. The van der Waals surface area contributed by atoms with Gasteiger partial charge in [0.2, 0.25) is 10.0 Å². The van der Waals surface area contributed by atoms with Gasteiger partial charge in [-0.05, 0) is 29.3 Å². The fourth-order valence-electron chi connectivity index (χ4n) is 2.95. The van der Waals surface area contributed by atoms with Crippen molar-refractivity contribution in [1.82, 2.24) is 4.72 Å². The Kier molecular flexibility index (Phi) is 4.66. The predicted octanol–water partition coefficient (Wildman–Crippen LogP) is 2.94. The van der Waals surface area contributed by atoms with Crippen molar-refractivity contribution in [2.45, 2.75) is 23.3 Å². The van der Waals surface area contributed by atoms with Gasteiger partial charge in [0.05, 0.1) is 15.5 Å². The van der Waals surface area contributed by atoms with Crippen molar-refractivity contribution in [3.05, 3.63) is 64.4 Å². The Bertz CT molecular complexity index is 845. The average Bonchev–Trinajstić information content (AvgIpc) is 2.95. The zero-order valence-electron chi connectivity index (χ0n) is 13.1. The first-order valence-corrected chi connectivity index (χ1v) is 9.28. The lowest BCUT2D eigenvalue weighted by molar-refractivity contribution is 0.00378. The number of fused-ring (bicyclic) bond motifs is 1. The number of hydrogen-bond acceptors (Lipinski definition) is 3. The van der Waals surface area contributed by atoms with Gasteiger partial charge >= 0.3 is 0 Å². The van der Waals surface area contributed by atoms with Crippen LogP contribution in [0.4, 0.5) is 4.39 Å². The highest BCUT2D eigenvalue weighted by atomic mass is 35.5. The second-order valence-electron chi connectivity index (χ2n) is 5.91. The lowest BCUT2D eigenvalue weighted by atomic mass is 10.0. The van der Waals surface area contributed by atoms with Crippen LogP contribution < -0.4 is 4.72 Å². The molecule has 0 saturated heterocycles.